The Morgan fingerprint density at radius 1 is 1.11 bits per heavy atom. The van der Waals surface area contributed by atoms with E-state index in [4.69, 9.17) is 4.79 Å². The van der Waals surface area contributed by atoms with Crippen LogP contribution in [0.3, 0.4) is 0 Å². The summed E-state index contributed by atoms with van der Waals surface area (Å²) in [6.07, 6.45) is 17.1. The van der Waals surface area contributed by atoms with Gasteiger partial charge in [-0.3, -0.25) is 9.52 Å². The van der Waals surface area contributed by atoms with Crippen LogP contribution in [0.1, 0.15) is 146 Å². The normalized spacial score (nSPS) is 28.3. The molecule has 0 bridgehead atoms. The van der Waals surface area contributed by atoms with Crippen LogP contribution in [0, 0.1) is 40.4 Å². The molecule has 2 fully saturated rings. The second kappa shape index (κ2) is 19.0. The molecule has 228 valence electrons. The summed E-state index contributed by atoms with van der Waals surface area (Å²) in [5, 5.41) is 9.46. The topological polar surface area (TPSA) is 75.3 Å². The summed E-state index contributed by atoms with van der Waals surface area (Å²) in [5.74, 6) is 4.48. The number of carbonyl (C=O) groups is 1. The summed E-state index contributed by atoms with van der Waals surface area (Å²) in [5.41, 5.74) is 5.23. The van der Waals surface area contributed by atoms with Crippen LogP contribution in [0.4, 0.5) is 0 Å². The fraction of sp³-hybridized carbons (Fsp3) is 0.970. The standard InChI is InChI=1S/C30H59NOS.C2H6.CH3NO/c1-9-18-30(8)25(14-13-20-31-33-29(6,7)22-32)16-17-26(30)23(3)21-24(10-2)27-15-11-12-19-28(27,4)5;1-2;2-1-3/h23-27,31-32H,9-22H2,1-8H3;1-2H3;1H,(H2,2,3)/t23?,24-,25?,26?,27?,30?;;/m0../s1. The predicted molar refractivity (Wildman–Crippen MR) is 170 cm³/mol. The molecule has 1 amide bonds. The van der Waals surface area contributed by atoms with Gasteiger partial charge in [-0.25, -0.2) is 0 Å². The Bertz CT molecular complexity index is 612. The van der Waals surface area contributed by atoms with Gasteiger partial charge < -0.3 is 10.8 Å². The lowest BCUT2D eigenvalue weighted by Gasteiger charge is -2.46. The molecule has 4 nitrogen and oxygen atoms in total. The Morgan fingerprint density at radius 3 is 2.26 bits per heavy atom. The first-order valence-electron chi connectivity index (χ1n) is 16.1. The number of amides is 1. The molecule has 0 heterocycles. The predicted octanol–water partition coefficient (Wildman–Crippen LogP) is 9.00. The van der Waals surface area contributed by atoms with Gasteiger partial charge in [-0.1, -0.05) is 93.0 Å². The van der Waals surface area contributed by atoms with E-state index in [-0.39, 0.29) is 17.8 Å². The molecule has 5 unspecified atom stereocenters. The first-order chi connectivity index (χ1) is 17.9. The third-order valence-electron chi connectivity index (χ3n) is 10.0. The Labute approximate surface area is 243 Å². The highest BCUT2D eigenvalue weighted by molar-refractivity contribution is 7.98. The fourth-order valence-corrected chi connectivity index (χ4v) is 8.73. The van der Waals surface area contributed by atoms with E-state index < -0.39 is 0 Å². The van der Waals surface area contributed by atoms with Crippen LogP contribution in [0.25, 0.3) is 0 Å². The molecule has 2 rings (SSSR count). The Balaban J connectivity index is 0.00000255. The van der Waals surface area contributed by atoms with E-state index in [1.165, 1.54) is 77.0 Å². The Hall–Kier alpha value is -0.260. The first-order valence-corrected chi connectivity index (χ1v) is 16.9. The molecule has 0 spiro atoms. The highest BCUT2D eigenvalue weighted by Gasteiger charge is 2.48. The van der Waals surface area contributed by atoms with Crippen LogP contribution >= 0.6 is 11.9 Å². The van der Waals surface area contributed by atoms with Crippen LogP contribution in [0.2, 0.25) is 0 Å². The van der Waals surface area contributed by atoms with Crippen molar-refractivity contribution in [1.29, 1.82) is 0 Å². The molecule has 0 aliphatic heterocycles. The van der Waals surface area contributed by atoms with Crippen LogP contribution in [-0.2, 0) is 4.79 Å². The maximum absolute atomic E-state index is 9.46. The Morgan fingerprint density at radius 2 is 1.74 bits per heavy atom. The maximum Gasteiger partial charge on any atom is 0.204 e. The highest BCUT2D eigenvalue weighted by Crippen LogP contribution is 2.57. The first kappa shape index (κ1) is 37.7. The molecule has 0 saturated heterocycles. The third kappa shape index (κ3) is 11.7. The van der Waals surface area contributed by atoms with Gasteiger partial charge in [0.05, 0.1) is 6.61 Å². The van der Waals surface area contributed by atoms with Crippen molar-refractivity contribution in [2.75, 3.05) is 13.2 Å². The fourth-order valence-electron chi connectivity index (χ4n) is 8.03. The largest absolute Gasteiger partial charge is 0.395 e. The van der Waals surface area contributed by atoms with Crippen molar-refractivity contribution in [2.45, 2.75) is 151 Å². The quantitative estimate of drug-likeness (QED) is 0.113. The highest BCUT2D eigenvalue weighted by atomic mass is 32.2. The number of aliphatic hydroxyl groups excluding tert-OH is 1. The summed E-state index contributed by atoms with van der Waals surface area (Å²) >= 11 is 1.70. The summed E-state index contributed by atoms with van der Waals surface area (Å²) in [6, 6.07) is 0. The van der Waals surface area contributed by atoms with E-state index in [0.29, 0.717) is 10.8 Å². The zero-order valence-corrected chi connectivity index (χ0v) is 28.0. The van der Waals surface area contributed by atoms with Crippen LogP contribution < -0.4 is 10.5 Å². The molecule has 4 N–H and O–H groups in total. The maximum atomic E-state index is 9.46. The second-order valence-corrected chi connectivity index (χ2v) is 15.1. The molecule has 2 aliphatic carbocycles. The molecule has 0 radical (unpaired) electrons. The molecule has 0 aromatic heterocycles. The zero-order valence-electron chi connectivity index (χ0n) is 27.2. The van der Waals surface area contributed by atoms with E-state index in [1.807, 2.05) is 13.8 Å². The Kier molecular flexibility index (Phi) is 18.8. The second-order valence-electron chi connectivity index (χ2n) is 13.6. The smallest absolute Gasteiger partial charge is 0.204 e. The number of carbonyl (C=O) groups excluding carboxylic acids is 1. The lowest BCUT2D eigenvalue weighted by molar-refractivity contribution is -0.106. The van der Waals surface area contributed by atoms with Gasteiger partial charge in [0.25, 0.3) is 0 Å². The van der Waals surface area contributed by atoms with Crippen molar-refractivity contribution in [3.05, 3.63) is 0 Å². The van der Waals surface area contributed by atoms with Gasteiger partial charge in [0.2, 0.25) is 6.41 Å². The van der Waals surface area contributed by atoms with E-state index in [2.05, 4.69) is 65.8 Å². The lowest BCUT2D eigenvalue weighted by atomic mass is 9.59. The van der Waals surface area contributed by atoms with Crippen LogP contribution in [-0.4, -0.2) is 29.4 Å². The average molecular weight is 557 g/mol. The van der Waals surface area contributed by atoms with Gasteiger partial charge in [0.15, 0.2) is 0 Å². The molecule has 38 heavy (non-hydrogen) atoms. The van der Waals surface area contributed by atoms with Gasteiger partial charge in [-0.2, -0.15) is 0 Å². The minimum absolute atomic E-state index is 0.0900. The lowest BCUT2D eigenvalue weighted by Crippen LogP contribution is -2.37. The number of nitrogens with two attached hydrogens (primary N) is 1. The van der Waals surface area contributed by atoms with Crippen LogP contribution in [0.5, 0.6) is 0 Å². The number of aliphatic hydroxyl groups is 1. The van der Waals surface area contributed by atoms with E-state index in [0.717, 1.165) is 36.1 Å². The minimum Gasteiger partial charge on any atom is -0.395 e. The monoisotopic (exact) mass is 557 g/mol. The van der Waals surface area contributed by atoms with Crippen LogP contribution in [0.15, 0.2) is 0 Å². The summed E-state index contributed by atoms with van der Waals surface area (Å²) < 4.78 is 3.44. The number of nitrogens with one attached hydrogen (secondary N) is 1. The minimum atomic E-state index is -0.0900. The van der Waals surface area contributed by atoms with E-state index in [1.54, 1.807) is 11.9 Å². The number of rotatable bonds is 14. The molecular formula is C33H68N2O2S. The summed E-state index contributed by atoms with van der Waals surface area (Å²) in [6.45, 7) is 24.8. The molecule has 5 heteroatoms. The number of primary amides is 1. The van der Waals surface area contributed by atoms with Crippen molar-refractivity contribution in [3.8, 4) is 0 Å². The van der Waals surface area contributed by atoms with E-state index in [9.17, 15) is 5.11 Å². The molecule has 0 aromatic rings. The van der Waals surface area contributed by atoms with Gasteiger partial charge in [0, 0.05) is 11.3 Å². The van der Waals surface area contributed by atoms with Gasteiger partial charge in [-0.05, 0) is 106 Å². The molecule has 2 saturated carbocycles. The van der Waals surface area contributed by atoms with Crippen molar-refractivity contribution in [1.82, 2.24) is 4.72 Å². The van der Waals surface area contributed by atoms with Gasteiger partial charge >= 0.3 is 0 Å². The van der Waals surface area contributed by atoms with Crippen molar-refractivity contribution in [3.63, 3.8) is 0 Å². The third-order valence-corrected chi connectivity index (χ3v) is 11.0. The zero-order chi connectivity index (χ0) is 29.4. The van der Waals surface area contributed by atoms with E-state index >= 15 is 0 Å². The van der Waals surface area contributed by atoms with Gasteiger partial charge in [0.1, 0.15) is 0 Å². The SMILES string of the molecule is CC.CCCC1(C)C(CCCNSC(C)(C)CO)CCC1C(C)C[C@H](CC)C1CCCCC1(C)C.NC=O. The molecule has 6 atom stereocenters. The number of hydrogen-bond acceptors (Lipinski definition) is 4. The van der Waals surface area contributed by atoms with Crippen molar-refractivity contribution >= 4 is 18.4 Å². The summed E-state index contributed by atoms with van der Waals surface area (Å²) in [7, 11) is 0. The summed E-state index contributed by atoms with van der Waals surface area (Å²) in [4.78, 5) is 8.58. The van der Waals surface area contributed by atoms with Crippen molar-refractivity contribution in [2.24, 2.45) is 46.2 Å². The molecule has 0 aromatic carbocycles. The van der Waals surface area contributed by atoms with Gasteiger partial charge in [-0.15, -0.1) is 0 Å². The number of hydrogen-bond donors (Lipinski definition) is 3. The average Bonchev–Trinajstić information content (AvgIpc) is 3.19. The van der Waals surface area contributed by atoms with Crippen molar-refractivity contribution < 1.29 is 9.90 Å². The molecular weight excluding hydrogens is 488 g/mol. The molecule has 2 aliphatic rings.